The second-order valence-electron chi connectivity index (χ2n) is 7.01. The second-order valence-corrected chi connectivity index (χ2v) is 7.01. The van der Waals surface area contributed by atoms with E-state index in [9.17, 15) is 9.18 Å². The van der Waals surface area contributed by atoms with Crippen molar-refractivity contribution >= 4 is 23.2 Å². The second kappa shape index (κ2) is 9.78. The Hall–Kier alpha value is -4.46. The number of nitrogens with zero attached hydrogens (tertiary/aromatic N) is 2. The minimum atomic E-state index is -0.468. The van der Waals surface area contributed by atoms with Gasteiger partial charge in [-0.05, 0) is 60.7 Å². The van der Waals surface area contributed by atoms with Gasteiger partial charge >= 0.3 is 0 Å². The molecule has 7 nitrogen and oxygen atoms in total. The molecule has 0 unspecified atom stereocenters. The van der Waals surface area contributed by atoms with Crippen molar-refractivity contribution in [3.63, 3.8) is 0 Å². The summed E-state index contributed by atoms with van der Waals surface area (Å²) >= 11 is 0. The number of hydrogen-bond acceptors (Lipinski definition) is 6. The molecule has 8 heteroatoms. The zero-order valence-electron chi connectivity index (χ0n) is 18.0. The average Bonchev–Trinajstić information content (AvgIpc) is 2.84. The number of methoxy groups -OCH3 is 2. The van der Waals surface area contributed by atoms with E-state index in [-0.39, 0.29) is 5.56 Å². The summed E-state index contributed by atoms with van der Waals surface area (Å²) in [6.07, 6.45) is 1.65. The van der Waals surface area contributed by atoms with Gasteiger partial charge in [0.2, 0.25) is 5.95 Å². The highest BCUT2D eigenvalue weighted by Crippen LogP contribution is 2.32. The number of amides is 1. The largest absolute Gasteiger partial charge is 0.493 e. The Morgan fingerprint density at radius 3 is 2.45 bits per heavy atom. The summed E-state index contributed by atoms with van der Waals surface area (Å²) in [6, 6.07) is 19.9. The maximum Gasteiger partial charge on any atom is 0.255 e. The molecule has 4 rings (SSSR count). The highest BCUT2D eigenvalue weighted by molar-refractivity contribution is 6.04. The molecule has 33 heavy (non-hydrogen) atoms. The number of nitrogens with one attached hydrogen (secondary N) is 2. The molecule has 0 radical (unpaired) electrons. The minimum absolute atomic E-state index is 0.235. The Labute approximate surface area is 190 Å². The van der Waals surface area contributed by atoms with E-state index in [2.05, 4.69) is 20.6 Å². The molecule has 1 heterocycles. The molecule has 0 aliphatic carbocycles. The van der Waals surface area contributed by atoms with Crippen molar-refractivity contribution in [2.24, 2.45) is 0 Å². The Balaban J connectivity index is 1.51. The van der Waals surface area contributed by atoms with Crippen LogP contribution in [0.2, 0.25) is 0 Å². The molecule has 1 amide bonds. The molecule has 0 aliphatic heterocycles. The fourth-order valence-corrected chi connectivity index (χ4v) is 3.21. The van der Waals surface area contributed by atoms with Crippen molar-refractivity contribution in [1.29, 1.82) is 0 Å². The first-order chi connectivity index (χ1) is 16.1. The number of ether oxygens (including phenoxy) is 2. The van der Waals surface area contributed by atoms with Crippen LogP contribution in [0.1, 0.15) is 10.4 Å². The van der Waals surface area contributed by atoms with E-state index in [1.54, 1.807) is 50.7 Å². The fraction of sp³-hybridized carbons (Fsp3) is 0.0800. The van der Waals surface area contributed by atoms with Gasteiger partial charge in [0, 0.05) is 28.7 Å². The molecule has 1 aromatic heterocycles. The molecule has 0 saturated heterocycles. The van der Waals surface area contributed by atoms with Crippen LogP contribution in [0.15, 0.2) is 79.0 Å². The van der Waals surface area contributed by atoms with Crippen LogP contribution in [-0.4, -0.2) is 30.1 Å². The summed E-state index contributed by atoms with van der Waals surface area (Å²) in [5, 5.41) is 5.90. The number of halogens is 1. The number of benzene rings is 3. The smallest absolute Gasteiger partial charge is 0.255 e. The molecule has 0 aliphatic rings. The topological polar surface area (TPSA) is 85.4 Å². The minimum Gasteiger partial charge on any atom is -0.493 e. The van der Waals surface area contributed by atoms with Gasteiger partial charge in [-0.15, -0.1) is 0 Å². The van der Waals surface area contributed by atoms with Gasteiger partial charge in [-0.25, -0.2) is 14.4 Å². The van der Waals surface area contributed by atoms with Crippen molar-refractivity contribution in [3.8, 4) is 22.8 Å². The van der Waals surface area contributed by atoms with E-state index in [4.69, 9.17) is 9.47 Å². The van der Waals surface area contributed by atoms with Crippen LogP contribution in [0.25, 0.3) is 11.3 Å². The third kappa shape index (κ3) is 5.24. The van der Waals surface area contributed by atoms with Crippen molar-refractivity contribution in [2.45, 2.75) is 0 Å². The highest BCUT2D eigenvalue weighted by Gasteiger charge is 2.10. The number of carbonyl (C=O) groups excluding carboxylic acids is 1. The van der Waals surface area contributed by atoms with Crippen molar-refractivity contribution in [3.05, 3.63) is 90.4 Å². The predicted octanol–water partition coefficient (Wildman–Crippen LogP) is 5.30. The van der Waals surface area contributed by atoms with Crippen LogP contribution in [0.4, 0.5) is 21.7 Å². The van der Waals surface area contributed by atoms with Crippen LogP contribution in [0.3, 0.4) is 0 Å². The summed E-state index contributed by atoms with van der Waals surface area (Å²) in [5.74, 6) is 0.745. The number of hydrogen-bond donors (Lipinski definition) is 2. The molecular formula is C25H21FN4O3. The molecule has 2 N–H and O–H groups in total. The van der Waals surface area contributed by atoms with Gasteiger partial charge in [-0.2, -0.15) is 0 Å². The highest BCUT2D eigenvalue weighted by atomic mass is 19.1. The summed E-state index contributed by atoms with van der Waals surface area (Å²) < 4.78 is 24.0. The first kappa shape index (κ1) is 21.8. The first-order valence-electron chi connectivity index (χ1n) is 10.0. The lowest BCUT2D eigenvalue weighted by molar-refractivity contribution is 0.102. The van der Waals surface area contributed by atoms with E-state index in [0.717, 1.165) is 5.56 Å². The van der Waals surface area contributed by atoms with Crippen LogP contribution < -0.4 is 20.1 Å². The van der Waals surface area contributed by atoms with Gasteiger partial charge in [0.1, 0.15) is 5.82 Å². The zero-order valence-corrected chi connectivity index (χ0v) is 18.0. The third-order valence-corrected chi connectivity index (χ3v) is 4.80. The molecule has 0 bridgehead atoms. The molecule has 3 aromatic carbocycles. The summed E-state index contributed by atoms with van der Waals surface area (Å²) in [6.45, 7) is 0. The Bertz CT molecular complexity index is 1300. The average molecular weight is 444 g/mol. The molecule has 0 saturated carbocycles. The lowest BCUT2D eigenvalue weighted by Gasteiger charge is -2.11. The monoisotopic (exact) mass is 444 g/mol. The Kier molecular flexibility index (Phi) is 6.45. The fourth-order valence-electron chi connectivity index (χ4n) is 3.21. The molecule has 0 fully saturated rings. The molecule has 0 spiro atoms. The number of anilines is 3. The predicted molar refractivity (Wildman–Crippen MR) is 125 cm³/mol. The maximum absolute atomic E-state index is 13.4. The number of rotatable bonds is 7. The van der Waals surface area contributed by atoms with E-state index in [0.29, 0.717) is 34.5 Å². The van der Waals surface area contributed by atoms with Gasteiger partial charge < -0.3 is 20.1 Å². The van der Waals surface area contributed by atoms with Gasteiger partial charge in [0.25, 0.3) is 5.91 Å². The van der Waals surface area contributed by atoms with E-state index in [1.165, 1.54) is 18.2 Å². The van der Waals surface area contributed by atoms with Gasteiger partial charge in [-0.3, -0.25) is 4.79 Å². The summed E-state index contributed by atoms with van der Waals surface area (Å²) in [5.41, 5.74) is 3.00. The van der Waals surface area contributed by atoms with Crippen LogP contribution in [0.5, 0.6) is 11.5 Å². The van der Waals surface area contributed by atoms with Gasteiger partial charge in [-0.1, -0.05) is 12.1 Å². The first-order valence-corrected chi connectivity index (χ1v) is 10.0. The number of aromatic nitrogens is 2. The Morgan fingerprint density at radius 2 is 1.67 bits per heavy atom. The number of carbonyl (C=O) groups is 1. The van der Waals surface area contributed by atoms with E-state index < -0.39 is 11.7 Å². The molecule has 4 aromatic rings. The Morgan fingerprint density at radius 1 is 0.879 bits per heavy atom. The third-order valence-electron chi connectivity index (χ3n) is 4.80. The van der Waals surface area contributed by atoms with Gasteiger partial charge in [0.15, 0.2) is 11.5 Å². The van der Waals surface area contributed by atoms with Crippen LogP contribution in [-0.2, 0) is 0 Å². The lowest BCUT2D eigenvalue weighted by atomic mass is 10.1. The van der Waals surface area contributed by atoms with Crippen molar-refractivity contribution < 1.29 is 18.7 Å². The molecule has 0 atom stereocenters. The van der Waals surface area contributed by atoms with Gasteiger partial charge in [0.05, 0.1) is 19.9 Å². The standard InChI is InChI=1S/C25H21FN4O3/c1-32-22-10-9-16(14-23(22)33-2)21-11-12-27-25(30-21)29-20-8-4-7-19(15-20)28-24(31)17-5-3-6-18(26)13-17/h3-15H,1-2H3,(H,28,31)(H,27,29,30). The molecule has 166 valence electrons. The van der Waals surface area contributed by atoms with E-state index in [1.807, 2.05) is 24.3 Å². The van der Waals surface area contributed by atoms with Crippen molar-refractivity contribution in [2.75, 3.05) is 24.9 Å². The quantitative estimate of drug-likeness (QED) is 0.403. The molecular weight excluding hydrogens is 423 g/mol. The van der Waals surface area contributed by atoms with Crippen LogP contribution in [0, 0.1) is 5.82 Å². The lowest BCUT2D eigenvalue weighted by Crippen LogP contribution is -2.12. The normalized spacial score (nSPS) is 10.4. The summed E-state index contributed by atoms with van der Waals surface area (Å²) in [4.78, 5) is 21.2. The van der Waals surface area contributed by atoms with E-state index >= 15 is 0 Å². The zero-order chi connectivity index (χ0) is 23.2. The van der Waals surface area contributed by atoms with Crippen LogP contribution >= 0.6 is 0 Å². The maximum atomic E-state index is 13.4. The summed E-state index contributed by atoms with van der Waals surface area (Å²) in [7, 11) is 3.16. The SMILES string of the molecule is COc1ccc(-c2ccnc(Nc3cccc(NC(=O)c4cccc(F)c4)c3)n2)cc1OC. The van der Waals surface area contributed by atoms with Crippen molar-refractivity contribution in [1.82, 2.24) is 9.97 Å².